The van der Waals surface area contributed by atoms with Crippen molar-refractivity contribution in [2.75, 3.05) is 18.9 Å². The van der Waals surface area contributed by atoms with Gasteiger partial charge in [-0.3, -0.25) is 14.4 Å². The third-order valence-electron chi connectivity index (χ3n) is 5.05. The van der Waals surface area contributed by atoms with E-state index in [1.54, 1.807) is 31.2 Å². The minimum Gasteiger partial charge on any atom is -0.331 e. The lowest BCUT2D eigenvalue weighted by atomic mass is 10.1. The number of halogens is 1. The molecule has 0 bridgehead atoms. The van der Waals surface area contributed by atoms with Crippen molar-refractivity contribution in [1.29, 1.82) is 0 Å². The highest BCUT2D eigenvalue weighted by atomic mass is 35.5. The number of amides is 2. The molecule has 8 heteroatoms. The number of hydrogen-bond acceptors (Lipinski definition) is 4. The lowest BCUT2D eigenvalue weighted by Crippen LogP contribution is -2.38. The second-order valence-electron chi connectivity index (χ2n) is 7.87. The number of carbonyl (C=O) groups excluding carboxylic acids is 2. The maximum absolute atomic E-state index is 12.9. The molecule has 3 rings (SSSR count). The van der Waals surface area contributed by atoms with Gasteiger partial charge in [0.25, 0.3) is 5.91 Å². The minimum absolute atomic E-state index is 0.221. The summed E-state index contributed by atoms with van der Waals surface area (Å²) in [5.74, 6) is -0.994. The molecule has 0 aliphatic carbocycles. The molecule has 166 valence electrons. The van der Waals surface area contributed by atoms with E-state index < -0.39 is 11.3 Å². The molecule has 0 aliphatic rings. The minimum atomic E-state index is -0.634. The van der Waals surface area contributed by atoms with Gasteiger partial charge in [-0.05, 0) is 63.1 Å². The fraction of sp³-hybridized carbons (Fsp3) is 0.250. The van der Waals surface area contributed by atoms with E-state index in [9.17, 15) is 14.4 Å². The normalized spacial score (nSPS) is 10.7. The highest BCUT2D eigenvalue weighted by molar-refractivity contribution is 6.30. The Balaban J connectivity index is 1.81. The van der Waals surface area contributed by atoms with Crippen LogP contribution < -0.4 is 10.7 Å². The summed E-state index contributed by atoms with van der Waals surface area (Å²) in [6.07, 6.45) is 0. The Morgan fingerprint density at radius 2 is 1.62 bits per heavy atom. The molecular weight excluding hydrogens is 428 g/mol. The predicted octanol–water partition coefficient (Wildman–Crippen LogP) is 3.83. The molecule has 1 aromatic heterocycles. The van der Waals surface area contributed by atoms with Crippen LogP contribution in [-0.2, 0) is 4.79 Å². The van der Waals surface area contributed by atoms with Crippen molar-refractivity contribution in [3.8, 4) is 5.69 Å². The second-order valence-corrected chi connectivity index (χ2v) is 8.31. The summed E-state index contributed by atoms with van der Waals surface area (Å²) >= 11 is 5.94. The van der Waals surface area contributed by atoms with Crippen LogP contribution in [-0.4, -0.2) is 40.1 Å². The Hall–Kier alpha value is -3.45. The molecule has 0 saturated heterocycles. The number of rotatable bonds is 5. The Morgan fingerprint density at radius 1 is 1.03 bits per heavy atom. The highest BCUT2D eigenvalue weighted by Crippen LogP contribution is 2.22. The number of likely N-dealkylation sites (N-methyl/N-ethyl adjacent to an activating group) is 1. The lowest BCUT2D eigenvalue weighted by Gasteiger charge is -2.19. The van der Waals surface area contributed by atoms with E-state index in [1.807, 2.05) is 32.9 Å². The van der Waals surface area contributed by atoms with Crippen LogP contribution in [0.3, 0.4) is 0 Å². The average Bonchev–Trinajstić information content (AvgIpc) is 2.71. The standard InChI is InChI=1S/C24H25ClN4O3/c1-14-10-15(2)22(16(3)11-14)26-21(31)13-28(5)24(32)23-20(30)12-17(4)29(27-23)19-8-6-18(25)7-9-19/h6-12H,13H2,1-5H3,(H,26,31). The first-order chi connectivity index (χ1) is 15.1. The van der Waals surface area contributed by atoms with Gasteiger partial charge in [0.2, 0.25) is 11.3 Å². The molecule has 0 fully saturated rings. The summed E-state index contributed by atoms with van der Waals surface area (Å²) in [5, 5.41) is 7.68. The monoisotopic (exact) mass is 452 g/mol. The third kappa shape index (κ3) is 5.06. The van der Waals surface area contributed by atoms with Crippen LogP contribution in [0.15, 0.2) is 47.3 Å². The number of benzene rings is 2. The van der Waals surface area contributed by atoms with Crippen LogP contribution in [0.25, 0.3) is 5.69 Å². The van der Waals surface area contributed by atoms with Gasteiger partial charge in [0.15, 0.2) is 5.69 Å². The number of nitrogens with one attached hydrogen (secondary N) is 1. The quantitative estimate of drug-likeness (QED) is 0.637. The molecule has 0 saturated carbocycles. The molecule has 0 atom stereocenters. The van der Waals surface area contributed by atoms with E-state index in [0.29, 0.717) is 16.4 Å². The van der Waals surface area contributed by atoms with E-state index in [2.05, 4.69) is 10.4 Å². The Kier molecular flexibility index (Phi) is 6.79. The summed E-state index contributed by atoms with van der Waals surface area (Å²) in [6.45, 7) is 7.32. The molecule has 0 unspecified atom stereocenters. The zero-order valence-electron chi connectivity index (χ0n) is 18.7. The SMILES string of the molecule is Cc1cc(C)c(NC(=O)CN(C)C(=O)c2nn(-c3ccc(Cl)cc3)c(C)cc2=O)c(C)c1. The van der Waals surface area contributed by atoms with Crippen LogP contribution in [0, 0.1) is 27.7 Å². The summed E-state index contributed by atoms with van der Waals surface area (Å²) < 4.78 is 1.50. The first-order valence-electron chi connectivity index (χ1n) is 10.1. The van der Waals surface area contributed by atoms with E-state index in [0.717, 1.165) is 22.4 Å². The van der Waals surface area contributed by atoms with Gasteiger partial charge < -0.3 is 10.2 Å². The van der Waals surface area contributed by atoms with Crippen LogP contribution in [0.5, 0.6) is 0 Å². The summed E-state index contributed by atoms with van der Waals surface area (Å²) in [7, 11) is 1.46. The Morgan fingerprint density at radius 3 is 2.22 bits per heavy atom. The van der Waals surface area contributed by atoms with Crippen LogP contribution in [0.4, 0.5) is 5.69 Å². The topological polar surface area (TPSA) is 84.3 Å². The van der Waals surface area contributed by atoms with Gasteiger partial charge in [-0.25, -0.2) is 4.68 Å². The van der Waals surface area contributed by atoms with Crippen molar-refractivity contribution in [3.05, 3.63) is 85.8 Å². The first-order valence-corrected chi connectivity index (χ1v) is 10.4. The number of hydrogen-bond donors (Lipinski definition) is 1. The summed E-state index contributed by atoms with van der Waals surface area (Å²) in [6, 6.07) is 12.2. The van der Waals surface area contributed by atoms with Gasteiger partial charge in [0, 0.05) is 29.5 Å². The molecule has 2 amide bonds. The van der Waals surface area contributed by atoms with Gasteiger partial charge in [-0.2, -0.15) is 5.10 Å². The molecule has 0 radical (unpaired) electrons. The fourth-order valence-electron chi connectivity index (χ4n) is 3.56. The van der Waals surface area contributed by atoms with Gasteiger partial charge in [-0.15, -0.1) is 0 Å². The van der Waals surface area contributed by atoms with Gasteiger partial charge in [0.05, 0.1) is 12.2 Å². The molecule has 3 aromatic rings. The van der Waals surface area contributed by atoms with Crippen molar-refractivity contribution < 1.29 is 9.59 Å². The Bertz CT molecular complexity index is 1230. The number of nitrogens with zero attached hydrogens (tertiary/aromatic N) is 3. The van der Waals surface area contributed by atoms with Gasteiger partial charge in [-0.1, -0.05) is 29.3 Å². The second kappa shape index (κ2) is 9.36. The zero-order chi connectivity index (χ0) is 23.6. The number of carbonyl (C=O) groups is 2. The van der Waals surface area contributed by atoms with E-state index in [1.165, 1.54) is 22.7 Å². The largest absolute Gasteiger partial charge is 0.331 e. The Labute approximate surface area is 191 Å². The fourth-order valence-corrected chi connectivity index (χ4v) is 3.69. The molecule has 2 aromatic carbocycles. The van der Waals surface area contributed by atoms with Crippen LogP contribution >= 0.6 is 11.6 Å². The van der Waals surface area contributed by atoms with Gasteiger partial charge >= 0.3 is 0 Å². The highest BCUT2D eigenvalue weighted by Gasteiger charge is 2.21. The maximum atomic E-state index is 12.9. The molecule has 1 N–H and O–H groups in total. The number of aromatic nitrogens is 2. The van der Waals surface area contributed by atoms with E-state index in [-0.39, 0.29) is 18.1 Å². The van der Waals surface area contributed by atoms with Crippen molar-refractivity contribution >= 4 is 29.1 Å². The summed E-state index contributed by atoms with van der Waals surface area (Å²) in [5.41, 5.74) is 4.17. The maximum Gasteiger partial charge on any atom is 0.278 e. The van der Waals surface area contributed by atoms with E-state index in [4.69, 9.17) is 11.6 Å². The van der Waals surface area contributed by atoms with E-state index >= 15 is 0 Å². The molecule has 0 aliphatic heterocycles. The average molecular weight is 453 g/mol. The summed E-state index contributed by atoms with van der Waals surface area (Å²) in [4.78, 5) is 39.2. The van der Waals surface area contributed by atoms with Crippen molar-refractivity contribution in [2.24, 2.45) is 0 Å². The van der Waals surface area contributed by atoms with Crippen LogP contribution in [0.1, 0.15) is 32.9 Å². The van der Waals surface area contributed by atoms with Crippen molar-refractivity contribution in [1.82, 2.24) is 14.7 Å². The number of aryl methyl sites for hydroxylation is 4. The van der Waals surface area contributed by atoms with Crippen LogP contribution in [0.2, 0.25) is 5.02 Å². The smallest absolute Gasteiger partial charge is 0.278 e. The zero-order valence-corrected chi connectivity index (χ0v) is 19.4. The molecule has 7 nitrogen and oxygen atoms in total. The third-order valence-corrected chi connectivity index (χ3v) is 5.30. The number of anilines is 1. The predicted molar refractivity (Wildman–Crippen MR) is 126 cm³/mol. The molecule has 0 spiro atoms. The molecular formula is C24H25ClN4O3. The van der Waals surface area contributed by atoms with Crippen molar-refractivity contribution in [2.45, 2.75) is 27.7 Å². The van der Waals surface area contributed by atoms with Gasteiger partial charge in [0.1, 0.15) is 0 Å². The molecule has 32 heavy (non-hydrogen) atoms. The lowest BCUT2D eigenvalue weighted by molar-refractivity contribution is -0.116. The molecule has 1 heterocycles. The van der Waals surface area contributed by atoms with Crippen molar-refractivity contribution in [3.63, 3.8) is 0 Å². The first kappa shape index (κ1) is 23.2.